The third kappa shape index (κ3) is 2.46. The van der Waals surface area contributed by atoms with E-state index in [1.54, 1.807) is 14.2 Å². The molecule has 0 spiro atoms. The summed E-state index contributed by atoms with van der Waals surface area (Å²) in [4.78, 5) is 0. The number of rotatable bonds is 4. The third-order valence-corrected chi connectivity index (χ3v) is 4.39. The quantitative estimate of drug-likeness (QED) is 0.789. The normalized spacial score (nSPS) is 17.3. The molecule has 0 bridgehead atoms. The van der Waals surface area contributed by atoms with Gasteiger partial charge in [0.15, 0.2) is 11.5 Å². The number of nitrogens with one attached hydrogen (secondary N) is 1. The lowest BCUT2D eigenvalue weighted by Crippen LogP contribution is -2.11. The lowest BCUT2D eigenvalue weighted by Gasteiger charge is -2.11. The van der Waals surface area contributed by atoms with E-state index in [-0.39, 0.29) is 0 Å². The number of hydrogen-bond donors (Lipinski definition) is 1. The molecule has 0 unspecified atom stereocenters. The van der Waals surface area contributed by atoms with Crippen LogP contribution >= 0.6 is 0 Å². The Balaban J connectivity index is 1.84. The molecule has 1 aliphatic heterocycles. The Bertz CT molecular complexity index is 871. The lowest BCUT2D eigenvalue weighted by atomic mass is 10.1. The fourth-order valence-electron chi connectivity index (χ4n) is 3.09. The van der Waals surface area contributed by atoms with E-state index in [0.717, 1.165) is 53.7 Å². The first-order valence-corrected chi connectivity index (χ1v) is 7.95. The highest BCUT2D eigenvalue weighted by molar-refractivity contribution is 5.69. The summed E-state index contributed by atoms with van der Waals surface area (Å²) in [6, 6.07) is 9.54. The number of benzene rings is 1. The molecule has 1 fully saturated rings. The molecule has 0 aliphatic carbocycles. The molecule has 1 atom stereocenters. The smallest absolute Gasteiger partial charge is 0.177 e. The van der Waals surface area contributed by atoms with Gasteiger partial charge in [0.1, 0.15) is 11.5 Å². The summed E-state index contributed by atoms with van der Waals surface area (Å²) in [5.41, 5.74) is 2.43. The van der Waals surface area contributed by atoms with Crippen molar-refractivity contribution < 1.29 is 9.47 Å². The minimum Gasteiger partial charge on any atom is -0.497 e. The van der Waals surface area contributed by atoms with Gasteiger partial charge in [-0.3, -0.25) is 0 Å². The van der Waals surface area contributed by atoms with Crippen LogP contribution in [0.25, 0.3) is 16.9 Å². The van der Waals surface area contributed by atoms with Crippen molar-refractivity contribution in [3.8, 4) is 22.8 Å². The van der Waals surface area contributed by atoms with Crippen molar-refractivity contribution in [2.24, 2.45) is 0 Å². The van der Waals surface area contributed by atoms with Gasteiger partial charge in [0.25, 0.3) is 0 Å². The Labute approximate surface area is 139 Å². The molecule has 7 nitrogen and oxygen atoms in total. The fourth-order valence-corrected chi connectivity index (χ4v) is 3.09. The molecule has 0 saturated carbocycles. The zero-order valence-electron chi connectivity index (χ0n) is 13.7. The molecule has 1 aliphatic rings. The Hall–Kier alpha value is -2.67. The summed E-state index contributed by atoms with van der Waals surface area (Å²) >= 11 is 0. The van der Waals surface area contributed by atoms with Gasteiger partial charge in [-0.25, -0.2) is 0 Å². The van der Waals surface area contributed by atoms with Gasteiger partial charge in [-0.15, -0.1) is 10.2 Å². The summed E-state index contributed by atoms with van der Waals surface area (Å²) in [7, 11) is 3.30. The first-order chi connectivity index (χ1) is 11.8. The summed E-state index contributed by atoms with van der Waals surface area (Å²) in [6.45, 7) is 1.91. The maximum absolute atomic E-state index is 5.48. The van der Waals surface area contributed by atoms with Crippen molar-refractivity contribution in [1.29, 1.82) is 0 Å². The molecular weight excluding hydrogens is 306 g/mol. The minimum absolute atomic E-state index is 0.343. The molecule has 0 amide bonds. The molecule has 3 aromatic rings. The Morgan fingerprint density at radius 1 is 1.12 bits per heavy atom. The Kier molecular flexibility index (Phi) is 3.78. The maximum atomic E-state index is 5.48. The van der Waals surface area contributed by atoms with Crippen LogP contribution < -0.4 is 14.8 Å². The average Bonchev–Trinajstić information content (AvgIpc) is 3.29. The SMILES string of the molecule is COc1ccc(OC)c(-c2ccc3nnc([C@@H]4CCNC4)n3n2)c1. The predicted molar refractivity (Wildman–Crippen MR) is 89.5 cm³/mol. The van der Waals surface area contributed by atoms with Crippen LogP contribution in [0.3, 0.4) is 0 Å². The molecule has 1 N–H and O–H groups in total. The highest BCUT2D eigenvalue weighted by Gasteiger charge is 2.23. The van der Waals surface area contributed by atoms with Gasteiger partial charge in [-0.2, -0.15) is 9.61 Å². The largest absolute Gasteiger partial charge is 0.497 e. The molecule has 4 rings (SSSR count). The van der Waals surface area contributed by atoms with Crippen LogP contribution in [0, 0.1) is 0 Å². The van der Waals surface area contributed by atoms with Crippen LogP contribution in [0.1, 0.15) is 18.2 Å². The molecule has 1 aromatic carbocycles. The topological polar surface area (TPSA) is 73.6 Å². The van der Waals surface area contributed by atoms with Crippen molar-refractivity contribution in [1.82, 2.24) is 25.1 Å². The predicted octanol–water partition coefficient (Wildman–Crippen LogP) is 1.89. The monoisotopic (exact) mass is 325 g/mol. The maximum Gasteiger partial charge on any atom is 0.177 e. The van der Waals surface area contributed by atoms with Crippen LogP contribution in [0.4, 0.5) is 0 Å². The van der Waals surface area contributed by atoms with E-state index in [1.807, 2.05) is 34.8 Å². The first kappa shape index (κ1) is 14.9. The lowest BCUT2D eigenvalue weighted by molar-refractivity contribution is 0.404. The number of ether oxygens (including phenoxy) is 2. The van der Waals surface area contributed by atoms with E-state index in [1.165, 1.54) is 0 Å². The van der Waals surface area contributed by atoms with E-state index in [2.05, 4.69) is 15.5 Å². The standard InChI is InChI=1S/C17H19N5O2/c1-23-12-3-5-15(24-2)13(9-12)14-4-6-16-19-20-17(22(16)21-14)11-7-8-18-10-11/h3-6,9,11,18H,7-8,10H2,1-2H3/t11-/m1/s1. The van der Waals surface area contributed by atoms with Gasteiger partial charge in [0.05, 0.1) is 19.9 Å². The highest BCUT2D eigenvalue weighted by Crippen LogP contribution is 2.32. The zero-order valence-corrected chi connectivity index (χ0v) is 13.7. The van der Waals surface area contributed by atoms with Crippen LogP contribution in [0.2, 0.25) is 0 Å². The van der Waals surface area contributed by atoms with E-state index >= 15 is 0 Å². The van der Waals surface area contributed by atoms with Gasteiger partial charge >= 0.3 is 0 Å². The first-order valence-electron chi connectivity index (χ1n) is 7.95. The highest BCUT2D eigenvalue weighted by atomic mass is 16.5. The van der Waals surface area contributed by atoms with Crippen LogP contribution in [-0.2, 0) is 0 Å². The summed E-state index contributed by atoms with van der Waals surface area (Å²) in [5.74, 6) is 2.75. The van der Waals surface area contributed by atoms with Gasteiger partial charge < -0.3 is 14.8 Å². The van der Waals surface area contributed by atoms with Crippen molar-refractivity contribution in [2.75, 3.05) is 27.3 Å². The fraction of sp³-hybridized carbons (Fsp3) is 0.353. The Morgan fingerprint density at radius 2 is 2.04 bits per heavy atom. The second-order valence-corrected chi connectivity index (χ2v) is 5.80. The van der Waals surface area contributed by atoms with E-state index in [4.69, 9.17) is 14.6 Å². The van der Waals surface area contributed by atoms with Crippen molar-refractivity contribution in [2.45, 2.75) is 12.3 Å². The summed E-state index contributed by atoms with van der Waals surface area (Å²) < 4.78 is 12.6. The number of nitrogens with zero attached hydrogens (tertiary/aromatic N) is 4. The number of fused-ring (bicyclic) bond motifs is 1. The van der Waals surface area contributed by atoms with E-state index in [9.17, 15) is 0 Å². The number of hydrogen-bond acceptors (Lipinski definition) is 6. The van der Waals surface area contributed by atoms with E-state index in [0.29, 0.717) is 5.92 Å². The van der Waals surface area contributed by atoms with Crippen molar-refractivity contribution in [3.05, 3.63) is 36.2 Å². The third-order valence-electron chi connectivity index (χ3n) is 4.39. The molecule has 24 heavy (non-hydrogen) atoms. The second kappa shape index (κ2) is 6.09. The van der Waals surface area contributed by atoms with Crippen LogP contribution in [-0.4, -0.2) is 47.1 Å². The van der Waals surface area contributed by atoms with Crippen LogP contribution in [0.5, 0.6) is 11.5 Å². The molecule has 2 aromatic heterocycles. The van der Waals surface area contributed by atoms with Gasteiger partial charge in [0.2, 0.25) is 0 Å². The number of aromatic nitrogens is 4. The summed E-state index contributed by atoms with van der Waals surface area (Å²) in [6.07, 6.45) is 1.05. The molecule has 0 radical (unpaired) electrons. The van der Waals surface area contributed by atoms with Crippen molar-refractivity contribution in [3.63, 3.8) is 0 Å². The molecule has 7 heteroatoms. The molecule has 3 heterocycles. The average molecular weight is 325 g/mol. The number of methoxy groups -OCH3 is 2. The van der Waals surface area contributed by atoms with Gasteiger partial charge in [-0.05, 0) is 43.3 Å². The minimum atomic E-state index is 0.343. The zero-order chi connectivity index (χ0) is 16.5. The van der Waals surface area contributed by atoms with Gasteiger partial charge in [-0.1, -0.05) is 0 Å². The molecule has 124 valence electrons. The van der Waals surface area contributed by atoms with Crippen LogP contribution in [0.15, 0.2) is 30.3 Å². The van der Waals surface area contributed by atoms with Gasteiger partial charge in [0, 0.05) is 18.0 Å². The Morgan fingerprint density at radius 3 is 2.79 bits per heavy atom. The molecular formula is C17H19N5O2. The summed E-state index contributed by atoms with van der Waals surface area (Å²) in [5, 5.41) is 16.7. The van der Waals surface area contributed by atoms with E-state index < -0.39 is 0 Å². The molecule has 1 saturated heterocycles. The van der Waals surface area contributed by atoms with Crippen molar-refractivity contribution >= 4 is 5.65 Å². The second-order valence-electron chi connectivity index (χ2n) is 5.80.